The molecule has 0 aliphatic carbocycles. The molecule has 3 amide bonds. The highest BCUT2D eigenvalue weighted by molar-refractivity contribution is 14.1. The fourth-order valence-corrected chi connectivity index (χ4v) is 5.41. The Morgan fingerprint density at radius 3 is 2.45 bits per heavy atom. The minimum atomic E-state index is -0.509. The normalized spacial score (nSPS) is 14.2. The van der Waals surface area contributed by atoms with E-state index in [0.717, 1.165) is 36.9 Å². The number of imide groups is 1. The summed E-state index contributed by atoms with van der Waals surface area (Å²) in [5, 5.41) is 2.30. The number of hydrogen-bond acceptors (Lipinski definition) is 6. The molecule has 1 saturated heterocycles. The van der Waals surface area contributed by atoms with E-state index in [1.807, 2.05) is 69.3 Å². The summed E-state index contributed by atoms with van der Waals surface area (Å²) in [6, 6.07) is 17.4. The highest BCUT2D eigenvalue weighted by Gasteiger charge is 2.36. The average Bonchev–Trinajstić information content (AvgIpc) is 3.13. The maximum atomic E-state index is 13.0. The standard InChI is InChI=1S/C29H27IN2O5S/c1-17-6-9-20(10-7-17)16-37-27-22(30)12-21(13-24(27)36-4)14-25-28(34)32(29(35)38-25)15-26(33)31-23-11-18(2)5-8-19(23)3/h5-14H,15-16H2,1-4H3,(H,31,33)/b25-14-. The zero-order valence-electron chi connectivity index (χ0n) is 21.5. The monoisotopic (exact) mass is 642 g/mol. The van der Waals surface area contributed by atoms with Crippen LogP contribution in [0.4, 0.5) is 10.5 Å². The van der Waals surface area contributed by atoms with Crippen LogP contribution in [0, 0.1) is 24.3 Å². The van der Waals surface area contributed by atoms with Gasteiger partial charge in [0, 0.05) is 5.69 Å². The van der Waals surface area contributed by atoms with Crippen LogP contribution < -0.4 is 14.8 Å². The molecule has 1 aliphatic heterocycles. The molecular formula is C29H27IN2O5S. The Hall–Kier alpha value is -3.31. The number of ether oxygens (including phenoxy) is 2. The minimum Gasteiger partial charge on any atom is -0.493 e. The molecule has 4 rings (SSSR count). The van der Waals surface area contributed by atoms with Gasteiger partial charge in [-0.25, -0.2) is 0 Å². The van der Waals surface area contributed by atoms with Crippen LogP contribution in [0.15, 0.2) is 59.5 Å². The van der Waals surface area contributed by atoms with Crippen molar-refractivity contribution < 1.29 is 23.9 Å². The van der Waals surface area contributed by atoms with Crippen molar-refractivity contribution >= 4 is 63.2 Å². The first kappa shape index (κ1) is 27.7. The van der Waals surface area contributed by atoms with Crippen molar-refractivity contribution in [2.24, 2.45) is 0 Å². The van der Waals surface area contributed by atoms with E-state index in [1.165, 1.54) is 5.56 Å². The molecule has 7 nitrogen and oxygen atoms in total. The molecule has 196 valence electrons. The van der Waals surface area contributed by atoms with E-state index in [0.29, 0.717) is 29.4 Å². The zero-order valence-corrected chi connectivity index (χ0v) is 24.4. The molecule has 3 aromatic carbocycles. The van der Waals surface area contributed by atoms with E-state index >= 15 is 0 Å². The second-order valence-electron chi connectivity index (χ2n) is 8.94. The van der Waals surface area contributed by atoms with Crippen LogP contribution in [0.3, 0.4) is 0 Å². The van der Waals surface area contributed by atoms with Gasteiger partial charge in [0.1, 0.15) is 13.2 Å². The molecule has 0 bridgehead atoms. The average molecular weight is 643 g/mol. The fourth-order valence-electron chi connectivity index (χ4n) is 3.79. The molecule has 1 fully saturated rings. The quantitative estimate of drug-likeness (QED) is 0.224. The van der Waals surface area contributed by atoms with Gasteiger partial charge in [-0.15, -0.1) is 0 Å². The van der Waals surface area contributed by atoms with Gasteiger partial charge in [-0.1, -0.05) is 42.0 Å². The molecule has 0 radical (unpaired) electrons. The maximum absolute atomic E-state index is 13.0. The van der Waals surface area contributed by atoms with Gasteiger partial charge in [0.25, 0.3) is 11.1 Å². The number of amides is 3. The third-order valence-corrected chi connectivity index (χ3v) is 7.60. The number of nitrogens with zero attached hydrogens (tertiary/aromatic N) is 1. The lowest BCUT2D eigenvalue weighted by atomic mass is 10.1. The summed E-state index contributed by atoms with van der Waals surface area (Å²) in [5.41, 5.74) is 5.44. The van der Waals surface area contributed by atoms with E-state index in [1.54, 1.807) is 19.3 Å². The van der Waals surface area contributed by atoms with Crippen molar-refractivity contribution in [2.75, 3.05) is 19.0 Å². The number of halogens is 1. The number of hydrogen-bond donors (Lipinski definition) is 1. The third kappa shape index (κ3) is 6.57. The molecular weight excluding hydrogens is 615 g/mol. The molecule has 9 heteroatoms. The third-order valence-electron chi connectivity index (χ3n) is 5.90. The molecule has 0 aromatic heterocycles. The molecule has 0 spiro atoms. The van der Waals surface area contributed by atoms with Crippen molar-refractivity contribution in [3.8, 4) is 11.5 Å². The van der Waals surface area contributed by atoms with Gasteiger partial charge in [0.05, 0.1) is 15.6 Å². The van der Waals surface area contributed by atoms with Crippen molar-refractivity contribution in [3.63, 3.8) is 0 Å². The molecule has 1 N–H and O–H groups in total. The molecule has 0 unspecified atom stereocenters. The number of aryl methyl sites for hydroxylation is 3. The minimum absolute atomic E-state index is 0.237. The van der Waals surface area contributed by atoms with Crippen LogP contribution in [-0.2, 0) is 16.2 Å². The molecule has 38 heavy (non-hydrogen) atoms. The van der Waals surface area contributed by atoms with Gasteiger partial charge in [-0.2, -0.15) is 0 Å². The topological polar surface area (TPSA) is 84.9 Å². The molecule has 0 saturated carbocycles. The second kappa shape index (κ2) is 12.0. The molecule has 1 heterocycles. The van der Waals surface area contributed by atoms with Gasteiger partial charge < -0.3 is 14.8 Å². The summed E-state index contributed by atoms with van der Waals surface area (Å²) in [7, 11) is 1.55. The summed E-state index contributed by atoms with van der Waals surface area (Å²) in [4.78, 5) is 39.4. The van der Waals surface area contributed by atoms with Crippen LogP contribution in [-0.4, -0.2) is 35.6 Å². The lowest BCUT2D eigenvalue weighted by Gasteiger charge is -2.14. The summed E-state index contributed by atoms with van der Waals surface area (Å²) < 4.78 is 12.4. The smallest absolute Gasteiger partial charge is 0.294 e. The van der Waals surface area contributed by atoms with Gasteiger partial charge in [0.2, 0.25) is 5.91 Å². The summed E-state index contributed by atoms with van der Waals surface area (Å²) >= 11 is 2.96. The fraction of sp³-hybridized carbons (Fsp3) is 0.207. The van der Waals surface area contributed by atoms with Crippen molar-refractivity contribution in [3.05, 3.63) is 90.9 Å². The molecule has 3 aromatic rings. The second-order valence-corrected chi connectivity index (χ2v) is 11.1. The molecule has 1 aliphatic rings. The SMILES string of the molecule is COc1cc(/C=C2\SC(=O)N(CC(=O)Nc3cc(C)ccc3C)C2=O)cc(I)c1OCc1ccc(C)cc1. The number of nitrogens with one attached hydrogen (secondary N) is 1. The number of anilines is 1. The Kier molecular flexibility index (Phi) is 8.78. The highest BCUT2D eigenvalue weighted by atomic mass is 127. The highest BCUT2D eigenvalue weighted by Crippen LogP contribution is 2.37. The van der Waals surface area contributed by atoms with Crippen molar-refractivity contribution in [1.29, 1.82) is 0 Å². The van der Waals surface area contributed by atoms with E-state index < -0.39 is 17.1 Å². The van der Waals surface area contributed by atoms with Crippen LogP contribution >= 0.6 is 34.4 Å². The van der Waals surface area contributed by atoms with Crippen LogP contribution in [0.2, 0.25) is 0 Å². The largest absolute Gasteiger partial charge is 0.493 e. The first-order valence-corrected chi connectivity index (χ1v) is 13.7. The van der Waals surface area contributed by atoms with Gasteiger partial charge in [-0.05, 0) is 102 Å². The van der Waals surface area contributed by atoms with Gasteiger partial charge >= 0.3 is 0 Å². The number of rotatable bonds is 8. The number of thioether (sulfide) groups is 1. The predicted octanol–water partition coefficient (Wildman–Crippen LogP) is 6.48. The Bertz CT molecular complexity index is 1440. The Balaban J connectivity index is 1.47. The van der Waals surface area contributed by atoms with Crippen LogP contribution in [0.25, 0.3) is 6.08 Å². The maximum Gasteiger partial charge on any atom is 0.294 e. The number of carbonyl (C=O) groups is 3. The van der Waals surface area contributed by atoms with E-state index in [-0.39, 0.29) is 11.4 Å². The van der Waals surface area contributed by atoms with E-state index in [4.69, 9.17) is 9.47 Å². The summed E-state index contributed by atoms with van der Waals surface area (Å²) in [6.07, 6.45) is 1.63. The van der Waals surface area contributed by atoms with Gasteiger partial charge in [-0.3, -0.25) is 19.3 Å². The molecule has 0 atom stereocenters. The lowest BCUT2D eigenvalue weighted by Crippen LogP contribution is -2.36. The number of carbonyl (C=O) groups excluding carboxylic acids is 3. The van der Waals surface area contributed by atoms with Crippen molar-refractivity contribution in [2.45, 2.75) is 27.4 Å². The van der Waals surface area contributed by atoms with Crippen LogP contribution in [0.1, 0.15) is 27.8 Å². The van der Waals surface area contributed by atoms with Crippen LogP contribution in [0.5, 0.6) is 11.5 Å². The van der Waals surface area contributed by atoms with Gasteiger partial charge in [0.15, 0.2) is 11.5 Å². The first-order chi connectivity index (χ1) is 18.1. The number of benzene rings is 3. The Morgan fingerprint density at radius 1 is 1.03 bits per heavy atom. The van der Waals surface area contributed by atoms with E-state index in [2.05, 4.69) is 27.9 Å². The summed E-state index contributed by atoms with van der Waals surface area (Å²) in [6.45, 7) is 5.86. The van der Waals surface area contributed by atoms with E-state index in [9.17, 15) is 14.4 Å². The predicted molar refractivity (Wildman–Crippen MR) is 158 cm³/mol. The van der Waals surface area contributed by atoms with Crippen molar-refractivity contribution in [1.82, 2.24) is 4.90 Å². The Labute approximate surface area is 239 Å². The zero-order chi connectivity index (χ0) is 27.4. The number of methoxy groups -OCH3 is 1. The Morgan fingerprint density at radius 2 is 1.74 bits per heavy atom. The first-order valence-electron chi connectivity index (χ1n) is 11.8. The lowest BCUT2D eigenvalue weighted by molar-refractivity contribution is -0.127. The summed E-state index contributed by atoms with van der Waals surface area (Å²) in [5.74, 6) is 0.169.